The first-order valence-electron chi connectivity index (χ1n) is 13.0. The highest BCUT2D eigenvalue weighted by Crippen LogP contribution is 2.44. The van der Waals surface area contributed by atoms with Gasteiger partial charge in [-0.15, -0.1) is 9.24 Å². The van der Waals surface area contributed by atoms with E-state index in [9.17, 15) is 4.39 Å². The molecule has 1 unspecified atom stereocenters. The lowest BCUT2D eigenvalue weighted by Gasteiger charge is -2.33. The molecule has 2 saturated carbocycles. The normalized spacial score (nSPS) is 17.9. The molecule has 0 spiro atoms. The Bertz CT molecular complexity index is 1080. The van der Waals surface area contributed by atoms with Crippen LogP contribution in [0.1, 0.15) is 98.3 Å². The second kappa shape index (κ2) is 10.5. The van der Waals surface area contributed by atoms with Gasteiger partial charge < -0.3 is 0 Å². The highest BCUT2D eigenvalue weighted by atomic mass is 31.0. The minimum Gasteiger partial charge on any atom is -0.207 e. The molecule has 172 valence electrons. The number of hydrogen-bond donors (Lipinski definition) is 0. The SMILES string of the molecule is Fc1ccccc1Cc1c(-c2ccccc2)cc(C2CCCCC2)c(C2CCCCC2)c1P. The van der Waals surface area contributed by atoms with E-state index in [1.165, 1.54) is 86.2 Å². The second-order valence-corrected chi connectivity index (χ2v) is 10.7. The Morgan fingerprint density at radius 3 is 2.00 bits per heavy atom. The van der Waals surface area contributed by atoms with Crippen molar-refractivity contribution in [2.75, 3.05) is 0 Å². The summed E-state index contributed by atoms with van der Waals surface area (Å²) in [4.78, 5) is 0. The molecule has 0 amide bonds. The summed E-state index contributed by atoms with van der Waals surface area (Å²) >= 11 is 0. The third-order valence-electron chi connectivity index (χ3n) is 8.02. The van der Waals surface area contributed by atoms with Crippen molar-refractivity contribution in [3.8, 4) is 11.1 Å². The van der Waals surface area contributed by atoms with Crippen LogP contribution in [-0.4, -0.2) is 0 Å². The summed E-state index contributed by atoms with van der Waals surface area (Å²) in [5, 5.41) is 1.35. The molecule has 5 rings (SSSR count). The second-order valence-electron chi connectivity index (χ2n) is 10.1. The largest absolute Gasteiger partial charge is 0.207 e. The van der Waals surface area contributed by atoms with Gasteiger partial charge in [0.25, 0.3) is 0 Å². The molecule has 0 aliphatic heterocycles. The van der Waals surface area contributed by atoms with Crippen LogP contribution in [0.15, 0.2) is 60.7 Å². The fraction of sp³-hybridized carbons (Fsp3) is 0.419. The molecule has 0 saturated heterocycles. The molecule has 33 heavy (non-hydrogen) atoms. The maximum Gasteiger partial charge on any atom is 0.126 e. The molecule has 2 fully saturated rings. The van der Waals surface area contributed by atoms with Crippen LogP contribution in [0.2, 0.25) is 0 Å². The van der Waals surface area contributed by atoms with E-state index in [1.807, 2.05) is 12.1 Å². The Balaban J connectivity index is 1.71. The van der Waals surface area contributed by atoms with Gasteiger partial charge in [0.2, 0.25) is 0 Å². The first-order chi connectivity index (χ1) is 16.2. The molecule has 2 aliphatic carbocycles. The number of benzene rings is 3. The molecule has 2 aliphatic rings. The molecular weight excluding hydrogens is 422 g/mol. The van der Waals surface area contributed by atoms with Gasteiger partial charge in [0.15, 0.2) is 0 Å². The van der Waals surface area contributed by atoms with Gasteiger partial charge >= 0.3 is 0 Å². The summed E-state index contributed by atoms with van der Waals surface area (Å²) in [6.07, 6.45) is 14.0. The van der Waals surface area contributed by atoms with Gasteiger partial charge in [-0.05, 0) is 82.3 Å². The lowest BCUT2D eigenvalue weighted by atomic mass is 9.74. The zero-order chi connectivity index (χ0) is 22.6. The monoisotopic (exact) mass is 458 g/mol. The lowest BCUT2D eigenvalue weighted by Crippen LogP contribution is -2.22. The van der Waals surface area contributed by atoms with Crippen molar-refractivity contribution in [1.29, 1.82) is 0 Å². The van der Waals surface area contributed by atoms with E-state index < -0.39 is 0 Å². The molecule has 1 atom stereocenters. The zero-order valence-corrected chi connectivity index (χ0v) is 20.8. The predicted molar refractivity (Wildman–Crippen MR) is 142 cm³/mol. The molecule has 0 heterocycles. The Labute approximate surface area is 201 Å². The molecule has 0 aromatic heterocycles. The summed E-state index contributed by atoms with van der Waals surface area (Å²) in [5.41, 5.74) is 7.82. The van der Waals surface area contributed by atoms with Crippen molar-refractivity contribution < 1.29 is 4.39 Å². The fourth-order valence-corrected chi connectivity index (χ4v) is 6.94. The highest BCUT2D eigenvalue weighted by molar-refractivity contribution is 7.27. The van der Waals surface area contributed by atoms with Gasteiger partial charge in [0.1, 0.15) is 5.82 Å². The number of rotatable bonds is 5. The zero-order valence-electron chi connectivity index (χ0n) is 19.7. The van der Waals surface area contributed by atoms with Crippen molar-refractivity contribution in [2.24, 2.45) is 0 Å². The molecule has 0 bridgehead atoms. The summed E-state index contributed by atoms with van der Waals surface area (Å²) in [5.74, 6) is 1.21. The fourth-order valence-electron chi connectivity index (χ4n) is 6.28. The van der Waals surface area contributed by atoms with Crippen LogP contribution in [0, 0.1) is 5.82 Å². The van der Waals surface area contributed by atoms with Crippen LogP contribution in [0.5, 0.6) is 0 Å². The van der Waals surface area contributed by atoms with E-state index in [4.69, 9.17) is 0 Å². The van der Waals surface area contributed by atoms with Gasteiger partial charge in [0.05, 0.1) is 0 Å². The summed E-state index contributed by atoms with van der Waals surface area (Å²) in [6.45, 7) is 0. The quantitative estimate of drug-likeness (QED) is 0.336. The molecular formula is C31H36FP. The summed E-state index contributed by atoms with van der Waals surface area (Å²) in [6, 6.07) is 20.6. The van der Waals surface area contributed by atoms with Crippen molar-refractivity contribution in [3.63, 3.8) is 0 Å². The van der Waals surface area contributed by atoms with E-state index in [1.54, 1.807) is 23.3 Å². The van der Waals surface area contributed by atoms with E-state index in [2.05, 4.69) is 45.6 Å². The lowest BCUT2D eigenvalue weighted by molar-refractivity contribution is 0.420. The molecule has 0 nitrogen and oxygen atoms in total. The minimum atomic E-state index is -0.100. The maximum absolute atomic E-state index is 14.8. The van der Waals surface area contributed by atoms with Gasteiger partial charge in [-0.25, -0.2) is 4.39 Å². The minimum absolute atomic E-state index is 0.100. The van der Waals surface area contributed by atoms with Crippen molar-refractivity contribution in [3.05, 3.63) is 88.7 Å². The van der Waals surface area contributed by atoms with Crippen LogP contribution in [0.25, 0.3) is 11.1 Å². The van der Waals surface area contributed by atoms with Gasteiger partial charge in [-0.1, -0.05) is 93.1 Å². The standard InChI is InChI=1S/C31H36FP/c32-29-19-11-10-18-25(29)20-28-26(22-12-4-1-5-13-22)21-27(23-14-6-2-7-15-23)30(31(28)33)24-16-8-3-9-17-24/h1,4-5,10-13,18-19,21,23-24H,2-3,6-9,14-17,20,33H2. The van der Waals surface area contributed by atoms with E-state index in [0.29, 0.717) is 18.3 Å². The Hall–Kier alpha value is -1.98. The van der Waals surface area contributed by atoms with Crippen LogP contribution < -0.4 is 5.30 Å². The van der Waals surface area contributed by atoms with Crippen LogP contribution in [-0.2, 0) is 6.42 Å². The molecule has 3 aromatic carbocycles. The third-order valence-corrected chi connectivity index (χ3v) is 8.68. The van der Waals surface area contributed by atoms with Crippen molar-refractivity contribution in [1.82, 2.24) is 0 Å². The van der Waals surface area contributed by atoms with Crippen molar-refractivity contribution >= 4 is 14.5 Å². The molecule has 0 radical (unpaired) electrons. The Morgan fingerprint density at radius 2 is 1.33 bits per heavy atom. The van der Waals surface area contributed by atoms with Crippen molar-refractivity contribution in [2.45, 2.75) is 82.5 Å². The smallest absolute Gasteiger partial charge is 0.126 e. The van der Waals surface area contributed by atoms with E-state index in [-0.39, 0.29) is 5.82 Å². The topological polar surface area (TPSA) is 0 Å². The number of halogens is 1. The van der Waals surface area contributed by atoms with Gasteiger partial charge in [-0.3, -0.25) is 0 Å². The molecule has 0 N–H and O–H groups in total. The van der Waals surface area contributed by atoms with Crippen LogP contribution in [0.3, 0.4) is 0 Å². The highest BCUT2D eigenvalue weighted by Gasteiger charge is 2.28. The molecule has 3 aromatic rings. The van der Waals surface area contributed by atoms with E-state index >= 15 is 0 Å². The average Bonchev–Trinajstić information content (AvgIpc) is 2.88. The Morgan fingerprint density at radius 1 is 0.727 bits per heavy atom. The van der Waals surface area contributed by atoms with Crippen LogP contribution >= 0.6 is 9.24 Å². The number of hydrogen-bond acceptors (Lipinski definition) is 0. The first kappa shape index (κ1) is 22.8. The predicted octanol–water partition coefficient (Wildman–Crippen LogP) is 8.68. The van der Waals surface area contributed by atoms with Gasteiger partial charge in [0, 0.05) is 6.42 Å². The first-order valence-corrected chi connectivity index (χ1v) is 13.5. The van der Waals surface area contributed by atoms with Crippen LogP contribution in [0.4, 0.5) is 4.39 Å². The summed E-state index contributed by atoms with van der Waals surface area (Å²) in [7, 11) is 3.14. The molecule has 2 heteroatoms. The average molecular weight is 459 g/mol. The maximum atomic E-state index is 14.8. The van der Waals surface area contributed by atoms with E-state index in [0.717, 1.165) is 5.56 Å². The summed E-state index contributed by atoms with van der Waals surface area (Å²) < 4.78 is 14.8. The Kier molecular flexibility index (Phi) is 7.27. The third kappa shape index (κ3) is 4.95. The van der Waals surface area contributed by atoms with Gasteiger partial charge in [-0.2, -0.15) is 0 Å².